The van der Waals surface area contributed by atoms with E-state index in [-0.39, 0.29) is 5.91 Å². The molecule has 1 unspecified atom stereocenters. The molecule has 0 aromatic heterocycles. The van der Waals surface area contributed by atoms with Crippen molar-refractivity contribution in [2.24, 2.45) is 0 Å². The molecule has 2 nitrogen and oxygen atoms in total. The van der Waals surface area contributed by atoms with Gasteiger partial charge in [-0.25, -0.2) is 0 Å². The lowest BCUT2D eigenvalue weighted by Crippen LogP contribution is -2.27. The van der Waals surface area contributed by atoms with Gasteiger partial charge in [0.1, 0.15) is 0 Å². The Kier molecular flexibility index (Phi) is 6.71. The number of alkyl halides is 1. The van der Waals surface area contributed by atoms with E-state index < -0.39 is 0 Å². The molecule has 0 aliphatic carbocycles. The Morgan fingerprint density at radius 2 is 2.00 bits per heavy atom. The third-order valence-corrected chi connectivity index (χ3v) is 3.03. The number of unbranched alkanes of at least 4 members (excludes halogenated alkanes) is 1. The number of carbonyl (C=O) groups excluding carboxylic acids is 1. The van der Waals surface area contributed by atoms with Crippen molar-refractivity contribution in [1.82, 2.24) is 5.32 Å². The minimum absolute atomic E-state index is 0.123. The van der Waals surface area contributed by atoms with Gasteiger partial charge in [-0.15, -0.1) is 11.6 Å². The first-order valence-electron chi connectivity index (χ1n) is 6.11. The van der Waals surface area contributed by atoms with Crippen LogP contribution in [0.15, 0.2) is 30.3 Å². The second kappa shape index (κ2) is 8.13. The quantitative estimate of drug-likeness (QED) is 0.586. The summed E-state index contributed by atoms with van der Waals surface area (Å²) < 4.78 is 0. The molecule has 1 rings (SSSR count). The number of hydrogen-bond donors (Lipinski definition) is 1. The summed E-state index contributed by atoms with van der Waals surface area (Å²) in [5, 5.41) is 2.96. The summed E-state index contributed by atoms with van der Waals surface area (Å²) in [6.07, 6.45) is 2.35. The van der Waals surface area contributed by atoms with Gasteiger partial charge < -0.3 is 5.32 Å². The van der Waals surface area contributed by atoms with E-state index in [1.807, 2.05) is 18.2 Å². The van der Waals surface area contributed by atoms with Crippen LogP contribution >= 0.6 is 11.6 Å². The highest BCUT2D eigenvalue weighted by atomic mass is 35.5. The third-order valence-electron chi connectivity index (χ3n) is 2.76. The van der Waals surface area contributed by atoms with E-state index in [1.54, 1.807) is 0 Å². The van der Waals surface area contributed by atoms with Crippen LogP contribution in [0.3, 0.4) is 0 Å². The number of amides is 1. The molecule has 0 heterocycles. The van der Waals surface area contributed by atoms with Crippen molar-refractivity contribution in [2.75, 3.05) is 12.4 Å². The summed E-state index contributed by atoms with van der Waals surface area (Å²) in [5.74, 6) is 1.11. The summed E-state index contributed by atoms with van der Waals surface area (Å²) in [7, 11) is 0. The summed E-state index contributed by atoms with van der Waals surface area (Å²) in [4.78, 5) is 11.5. The highest BCUT2D eigenvalue weighted by molar-refractivity contribution is 6.17. The predicted molar refractivity (Wildman–Crippen MR) is 72.4 cm³/mol. The third kappa shape index (κ3) is 5.73. The van der Waals surface area contributed by atoms with Crippen molar-refractivity contribution >= 4 is 17.5 Å². The van der Waals surface area contributed by atoms with E-state index >= 15 is 0 Å². The molecule has 1 aromatic rings. The van der Waals surface area contributed by atoms with Crippen LogP contribution in [0.25, 0.3) is 0 Å². The molecule has 0 saturated carbocycles. The second-order valence-corrected chi connectivity index (χ2v) is 4.64. The van der Waals surface area contributed by atoms with Gasteiger partial charge in [0, 0.05) is 18.8 Å². The van der Waals surface area contributed by atoms with Crippen LogP contribution in [-0.4, -0.2) is 18.3 Å². The highest BCUT2D eigenvalue weighted by Gasteiger charge is 2.06. The van der Waals surface area contributed by atoms with Crippen molar-refractivity contribution in [3.63, 3.8) is 0 Å². The molecule has 1 atom stereocenters. The van der Waals surface area contributed by atoms with E-state index in [9.17, 15) is 4.79 Å². The van der Waals surface area contributed by atoms with Gasteiger partial charge in [-0.05, 0) is 24.3 Å². The molecule has 0 spiro atoms. The Balaban J connectivity index is 2.24. The summed E-state index contributed by atoms with van der Waals surface area (Å²) in [6, 6.07) is 10.2. The zero-order chi connectivity index (χ0) is 12.5. The van der Waals surface area contributed by atoms with Crippen LogP contribution in [0.4, 0.5) is 0 Å². The largest absolute Gasteiger partial charge is 0.356 e. The lowest BCUT2D eigenvalue weighted by atomic mass is 10.0. The van der Waals surface area contributed by atoms with Gasteiger partial charge in [0.25, 0.3) is 0 Å². The standard InChI is InChI=1S/C14H20ClNO/c1-12(13-7-3-2-4-8-13)11-16-14(17)9-5-6-10-15/h2-4,7-8,12H,5-6,9-11H2,1H3,(H,16,17). The lowest BCUT2D eigenvalue weighted by Gasteiger charge is -2.12. The molecule has 17 heavy (non-hydrogen) atoms. The van der Waals surface area contributed by atoms with E-state index in [0.29, 0.717) is 24.8 Å². The van der Waals surface area contributed by atoms with Gasteiger partial charge in [-0.2, -0.15) is 0 Å². The first-order valence-corrected chi connectivity index (χ1v) is 6.65. The molecule has 0 aliphatic rings. The minimum atomic E-state index is 0.123. The SMILES string of the molecule is CC(CNC(=O)CCCCCl)c1ccccc1. The molecule has 0 saturated heterocycles. The summed E-state index contributed by atoms with van der Waals surface area (Å²) in [6.45, 7) is 2.82. The fourth-order valence-electron chi connectivity index (χ4n) is 1.63. The zero-order valence-corrected chi connectivity index (χ0v) is 11.0. The minimum Gasteiger partial charge on any atom is -0.356 e. The molecule has 0 fully saturated rings. The average molecular weight is 254 g/mol. The Labute approximate surface area is 108 Å². The van der Waals surface area contributed by atoms with Gasteiger partial charge in [-0.1, -0.05) is 37.3 Å². The second-order valence-electron chi connectivity index (χ2n) is 4.26. The Bertz CT molecular complexity index is 326. The summed E-state index contributed by atoms with van der Waals surface area (Å²) in [5.41, 5.74) is 1.26. The van der Waals surface area contributed by atoms with Crippen LogP contribution in [0.2, 0.25) is 0 Å². The fraction of sp³-hybridized carbons (Fsp3) is 0.500. The molecule has 0 bridgehead atoms. The average Bonchev–Trinajstić information content (AvgIpc) is 2.37. The maximum Gasteiger partial charge on any atom is 0.220 e. The molecule has 1 aromatic carbocycles. The molecule has 0 aliphatic heterocycles. The van der Waals surface area contributed by atoms with Crippen molar-refractivity contribution in [3.05, 3.63) is 35.9 Å². The zero-order valence-electron chi connectivity index (χ0n) is 10.3. The van der Waals surface area contributed by atoms with E-state index in [4.69, 9.17) is 11.6 Å². The maximum atomic E-state index is 11.5. The number of benzene rings is 1. The first kappa shape index (κ1) is 14.0. The van der Waals surface area contributed by atoms with Crippen LogP contribution in [-0.2, 0) is 4.79 Å². The molecular weight excluding hydrogens is 234 g/mol. The molecular formula is C14H20ClNO. The Morgan fingerprint density at radius 1 is 1.29 bits per heavy atom. The van der Waals surface area contributed by atoms with Crippen molar-refractivity contribution in [1.29, 1.82) is 0 Å². The molecule has 94 valence electrons. The smallest absolute Gasteiger partial charge is 0.220 e. The number of carbonyl (C=O) groups is 1. The topological polar surface area (TPSA) is 29.1 Å². The van der Waals surface area contributed by atoms with Gasteiger partial charge in [0.05, 0.1) is 0 Å². The van der Waals surface area contributed by atoms with Crippen molar-refractivity contribution in [2.45, 2.75) is 32.1 Å². The van der Waals surface area contributed by atoms with Gasteiger partial charge in [-0.3, -0.25) is 4.79 Å². The monoisotopic (exact) mass is 253 g/mol. The van der Waals surface area contributed by atoms with E-state index in [0.717, 1.165) is 12.8 Å². The number of halogens is 1. The lowest BCUT2D eigenvalue weighted by molar-refractivity contribution is -0.121. The number of hydrogen-bond acceptors (Lipinski definition) is 1. The van der Waals surface area contributed by atoms with E-state index in [2.05, 4.69) is 24.4 Å². The van der Waals surface area contributed by atoms with Crippen LogP contribution in [0, 0.1) is 0 Å². The van der Waals surface area contributed by atoms with Crippen molar-refractivity contribution < 1.29 is 4.79 Å². The van der Waals surface area contributed by atoms with Gasteiger partial charge in [0.15, 0.2) is 0 Å². The maximum absolute atomic E-state index is 11.5. The molecule has 1 amide bonds. The number of rotatable bonds is 7. The first-order chi connectivity index (χ1) is 8.24. The van der Waals surface area contributed by atoms with Gasteiger partial charge in [0.2, 0.25) is 5.91 Å². The molecule has 3 heteroatoms. The Morgan fingerprint density at radius 3 is 2.65 bits per heavy atom. The normalized spacial score (nSPS) is 12.1. The summed E-state index contributed by atoms with van der Waals surface area (Å²) >= 11 is 5.56. The molecule has 0 radical (unpaired) electrons. The fourth-order valence-corrected chi connectivity index (χ4v) is 1.82. The predicted octanol–water partition coefficient (Wildman–Crippen LogP) is 3.32. The van der Waals surface area contributed by atoms with Crippen LogP contribution < -0.4 is 5.32 Å². The van der Waals surface area contributed by atoms with Crippen LogP contribution in [0.1, 0.15) is 37.7 Å². The van der Waals surface area contributed by atoms with Crippen LogP contribution in [0.5, 0.6) is 0 Å². The number of nitrogens with one attached hydrogen (secondary N) is 1. The highest BCUT2D eigenvalue weighted by Crippen LogP contribution is 2.13. The van der Waals surface area contributed by atoms with Crippen molar-refractivity contribution in [3.8, 4) is 0 Å². The van der Waals surface area contributed by atoms with E-state index in [1.165, 1.54) is 5.56 Å². The molecule has 1 N–H and O–H groups in total. The Hall–Kier alpha value is -1.02. The van der Waals surface area contributed by atoms with Gasteiger partial charge >= 0.3 is 0 Å².